The average molecular weight is 262 g/mol. The summed E-state index contributed by atoms with van der Waals surface area (Å²) in [6.07, 6.45) is 0.607. The smallest absolute Gasteiger partial charge is 0.324 e. The van der Waals surface area contributed by atoms with Gasteiger partial charge in [-0.1, -0.05) is 5.92 Å². The molecule has 0 unspecified atom stereocenters. The highest BCUT2D eigenvalue weighted by molar-refractivity contribution is 6.29. The molecular formula is C11H7ClF3NO. The molecule has 0 fully saturated rings. The molecule has 0 atom stereocenters. The molecule has 90 valence electrons. The lowest BCUT2D eigenvalue weighted by Crippen LogP contribution is -2.14. The Morgan fingerprint density at radius 3 is 2.59 bits per heavy atom. The zero-order valence-electron chi connectivity index (χ0n) is 8.44. The van der Waals surface area contributed by atoms with E-state index in [2.05, 4.69) is 11.2 Å². The Labute approximate surface area is 101 Å². The number of terminal acetylenes is 1. The Bertz CT molecular complexity index is 477. The summed E-state index contributed by atoms with van der Waals surface area (Å²) < 4.78 is 37.2. The molecule has 0 heterocycles. The zero-order chi connectivity index (χ0) is 13.1. The van der Waals surface area contributed by atoms with Crippen LogP contribution in [0.25, 0.3) is 0 Å². The molecule has 6 heteroatoms. The van der Waals surface area contributed by atoms with E-state index in [9.17, 15) is 18.0 Å². The van der Waals surface area contributed by atoms with E-state index in [1.54, 1.807) is 0 Å². The van der Waals surface area contributed by atoms with Crippen LogP contribution in [0, 0.1) is 12.3 Å². The second-order valence-corrected chi connectivity index (χ2v) is 3.35. The number of carbonyl (C=O) groups is 1. The van der Waals surface area contributed by atoms with Crippen LogP contribution in [0.3, 0.4) is 0 Å². The summed E-state index contributed by atoms with van der Waals surface area (Å²) in [7, 11) is 0. The second kappa shape index (κ2) is 5.11. The molecular weight excluding hydrogens is 255 g/mol. The molecule has 1 aromatic rings. The molecule has 0 saturated carbocycles. The molecule has 1 aromatic carbocycles. The SMILES string of the molecule is C#Cc1cc(C(F)(F)F)ccc1NC(=O)CCl. The zero-order valence-corrected chi connectivity index (χ0v) is 9.19. The van der Waals surface area contributed by atoms with E-state index in [0.717, 1.165) is 18.2 Å². The molecule has 0 radical (unpaired) electrons. The van der Waals surface area contributed by atoms with Crippen LogP contribution in [-0.2, 0) is 11.0 Å². The van der Waals surface area contributed by atoms with E-state index in [-0.39, 0.29) is 17.1 Å². The fraction of sp³-hybridized carbons (Fsp3) is 0.182. The molecule has 0 aliphatic rings. The van der Waals surface area contributed by atoms with Crippen LogP contribution in [0.4, 0.5) is 18.9 Å². The van der Waals surface area contributed by atoms with Gasteiger partial charge in [0.15, 0.2) is 0 Å². The number of nitrogens with one attached hydrogen (secondary N) is 1. The van der Waals surface area contributed by atoms with Gasteiger partial charge in [-0.25, -0.2) is 0 Å². The van der Waals surface area contributed by atoms with Gasteiger partial charge in [0.2, 0.25) is 5.91 Å². The van der Waals surface area contributed by atoms with Crippen LogP contribution in [-0.4, -0.2) is 11.8 Å². The van der Waals surface area contributed by atoms with Crippen molar-refractivity contribution in [1.82, 2.24) is 0 Å². The number of carbonyl (C=O) groups excluding carboxylic acids is 1. The minimum absolute atomic E-state index is 0.0432. The molecule has 2 nitrogen and oxygen atoms in total. The van der Waals surface area contributed by atoms with Gasteiger partial charge in [0.25, 0.3) is 0 Å². The van der Waals surface area contributed by atoms with Gasteiger partial charge in [-0.05, 0) is 18.2 Å². The predicted octanol–water partition coefficient (Wildman–Crippen LogP) is 2.86. The highest BCUT2D eigenvalue weighted by Gasteiger charge is 2.30. The van der Waals surface area contributed by atoms with E-state index in [1.165, 1.54) is 0 Å². The van der Waals surface area contributed by atoms with E-state index in [0.29, 0.717) is 0 Å². The van der Waals surface area contributed by atoms with Gasteiger partial charge in [-0.15, -0.1) is 18.0 Å². The number of anilines is 1. The summed E-state index contributed by atoms with van der Waals surface area (Å²) >= 11 is 5.26. The van der Waals surface area contributed by atoms with Gasteiger partial charge in [0.1, 0.15) is 5.88 Å². The van der Waals surface area contributed by atoms with Gasteiger partial charge in [0, 0.05) is 5.56 Å². The number of alkyl halides is 4. The summed E-state index contributed by atoms with van der Waals surface area (Å²) in [5.74, 6) is 1.24. The lowest BCUT2D eigenvalue weighted by Gasteiger charge is -2.10. The monoisotopic (exact) mass is 261 g/mol. The highest BCUT2D eigenvalue weighted by Crippen LogP contribution is 2.31. The van der Waals surface area contributed by atoms with Gasteiger partial charge in [-0.2, -0.15) is 13.2 Å². The standard InChI is InChI=1S/C11H7ClF3NO/c1-2-7-5-8(11(13,14)15)3-4-9(7)16-10(17)6-12/h1,3-5H,6H2,(H,16,17). The summed E-state index contributed by atoms with van der Waals surface area (Å²) in [6.45, 7) is 0. The number of rotatable bonds is 2. The summed E-state index contributed by atoms with van der Waals surface area (Å²) in [5, 5.41) is 2.31. The van der Waals surface area contributed by atoms with Crippen molar-refractivity contribution in [3.8, 4) is 12.3 Å². The van der Waals surface area contributed by atoms with E-state index in [4.69, 9.17) is 18.0 Å². The molecule has 1 N–H and O–H groups in total. The number of hydrogen-bond donors (Lipinski definition) is 1. The average Bonchev–Trinajstić information content (AvgIpc) is 2.27. The Hall–Kier alpha value is -1.67. The first kappa shape index (κ1) is 13.4. The minimum Gasteiger partial charge on any atom is -0.324 e. The molecule has 0 saturated heterocycles. The van der Waals surface area contributed by atoms with Crippen molar-refractivity contribution in [2.75, 3.05) is 11.2 Å². The van der Waals surface area contributed by atoms with Crippen molar-refractivity contribution >= 4 is 23.2 Å². The largest absolute Gasteiger partial charge is 0.416 e. The number of amides is 1. The Balaban J connectivity index is 3.11. The third-order valence-corrected chi connectivity index (χ3v) is 2.14. The first-order valence-electron chi connectivity index (χ1n) is 4.42. The molecule has 1 rings (SSSR count). The molecule has 0 aliphatic heterocycles. The second-order valence-electron chi connectivity index (χ2n) is 3.08. The van der Waals surface area contributed by atoms with Crippen molar-refractivity contribution in [3.05, 3.63) is 29.3 Å². The summed E-state index contributed by atoms with van der Waals surface area (Å²) in [5.41, 5.74) is -0.779. The van der Waals surface area contributed by atoms with Gasteiger partial charge in [-0.3, -0.25) is 4.79 Å². The van der Waals surface area contributed by atoms with Gasteiger partial charge in [0.05, 0.1) is 11.3 Å². The Morgan fingerprint density at radius 2 is 2.12 bits per heavy atom. The van der Waals surface area contributed by atoms with Crippen molar-refractivity contribution in [1.29, 1.82) is 0 Å². The van der Waals surface area contributed by atoms with Crippen LogP contribution in [0.15, 0.2) is 18.2 Å². The highest BCUT2D eigenvalue weighted by atomic mass is 35.5. The molecule has 0 bridgehead atoms. The van der Waals surface area contributed by atoms with Crippen molar-refractivity contribution in [2.24, 2.45) is 0 Å². The molecule has 0 aromatic heterocycles. The van der Waals surface area contributed by atoms with E-state index >= 15 is 0 Å². The summed E-state index contributed by atoms with van der Waals surface area (Å²) in [6, 6.07) is 2.73. The van der Waals surface area contributed by atoms with Crippen molar-refractivity contribution in [3.63, 3.8) is 0 Å². The normalized spacial score (nSPS) is 10.8. The van der Waals surface area contributed by atoms with Crippen LogP contribution < -0.4 is 5.32 Å². The maximum absolute atomic E-state index is 12.4. The van der Waals surface area contributed by atoms with E-state index in [1.807, 2.05) is 0 Å². The van der Waals surface area contributed by atoms with E-state index < -0.39 is 17.6 Å². The van der Waals surface area contributed by atoms with Crippen molar-refractivity contribution < 1.29 is 18.0 Å². The maximum atomic E-state index is 12.4. The fourth-order valence-corrected chi connectivity index (χ4v) is 1.20. The van der Waals surface area contributed by atoms with Crippen LogP contribution in [0.2, 0.25) is 0 Å². The lowest BCUT2D eigenvalue weighted by atomic mass is 10.1. The number of halogens is 4. The maximum Gasteiger partial charge on any atom is 0.416 e. The number of hydrogen-bond acceptors (Lipinski definition) is 1. The molecule has 17 heavy (non-hydrogen) atoms. The first-order chi connectivity index (χ1) is 7.88. The number of benzene rings is 1. The van der Waals surface area contributed by atoms with Crippen LogP contribution in [0.5, 0.6) is 0 Å². The third kappa shape index (κ3) is 3.40. The predicted molar refractivity (Wildman–Crippen MR) is 58.7 cm³/mol. The van der Waals surface area contributed by atoms with Crippen LogP contribution in [0.1, 0.15) is 11.1 Å². The molecule has 0 spiro atoms. The topological polar surface area (TPSA) is 29.1 Å². The summed E-state index contributed by atoms with van der Waals surface area (Å²) in [4.78, 5) is 11.0. The third-order valence-electron chi connectivity index (χ3n) is 1.90. The Morgan fingerprint density at radius 1 is 1.47 bits per heavy atom. The molecule has 0 aliphatic carbocycles. The van der Waals surface area contributed by atoms with Gasteiger partial charge < -0.3 is 5.32 Å². The fourth-order valence-electron chi connectivity index (χ4n) is 1.13. The van der Waals surface area contributed by atoms with Gasteiger partial charge >= 0.3 is 6.18 Å². The minimum atomic E-state index is -4.47. The van der Waals surface area contributed by atoms with Crippen molar-refractivity contribution in [2.45, 2.75) is 6.18 Å². The lowest BCUT2D eigenvalue weighted by molar-refractivity contribution is -0.137. The first-order valence-corrected chi connectivity index (χ1v) is 4.95. The molecule has 1 amide bonds. The Kier molecular flexibility index (Phi) is 4.02. The quantitative estimate of drug-likeness (QED) is 0.644. The van der Waals surface area contributed by atoms with Crippen LogP contribution >= 0.6 is 11.6 Å².